The molecule has 142 valence electrons. The molecule has 0 aromatic heterocycles. The Morgan fingerprint density at radius 3 is 2.19 bits per heavy atom. The second kappa shape index (κ2) is 15.4. The zero-order chi connectivity index (χ0) is 20.5. The molecule has 0 aliphatic rings. The van der Waals surface area contributed by atoms with Crippen LogP contribution in [-0.2, 0) is 9.59 Å². The topological polar surface area (TPSA) is 90.8 Å². The van der Waals surface area contributed by atoms with E-state index in [1.165, 1.54) is 18.7 Å². The second-order valence-corrected chi connectivity index (χ2v) is 4.85. The summed E-state index contributed by atoms with van der Waals surface area (Å²) < 4.78 is 0. The average Bonchev–Trinajstić information content (AvgIpc) is 2.64. The van der Waals surface area contributed by atoms with Crippen LogP contribution in [0.25, 0.3) is 5.76 Å². The second-order valence-electron chi connectivity index (χ2n) is 4.85. The largest absolute Gasteiger partial charge is 0.505 e. The summed E-state index contributed by atoms with van der Waals surface area (Å²) in [5.74, 6) is -0.394. The first-order valence-electron chi connectivity index (χ1n) is 8.04. The van der Waals surface area contributed by atoms with Crippen molar-refractivity contribution in [1.82, 2.24) is 10.6 Å². The van der Waals surface area contributed by atoms with Crippen molar-refractivity contribution in [2.24, 2.45) is 4.99 Å². The van der Waals surface area contributed by atoms with Crippen molar-refractivity contribution in [3.63, 3.8) is 0 Å². The Morgan fingerprint density at radius 2 is 1.77 bits per heavy atom. The molecule has 0 spiro atoms. The van der Waals surface area contributed by atoms with Crippen molar-refractivity contribution in [3.05, 3.63) is 66.5 Å². The van der Waals surface area contributed by atoms with Gasteiger partial charge in [-0.1, -0.05) is 57.7 Å². The smallest absolute Gasteiger partial charge is 0.276 e. The maximum absolute atomic E-state index is 12.2. The number of amides is 1. The lowest BCUT2D eigenvalue weighted by atomic mass is 10.1. The van der Waals surface area contributed by atoms with Crippen LogP contribution in [0.15, 0.2) is 60.4 Å². The van der Waals surface area contributed by atoms with E-state index in [1.54, 1.807) is 19.2 Å². The van der Waals surface area contributed by atoms with Gasteiger partial charge in [0, 0.05) is 18.8 Å². The summed E-state index contributed by atoms with van der Waals surface area (Å²) in [5.41, 5.74) is 1.49. The molecule has 0 aliphatic heterocycles. The quantitative estimate of drug-likeness (QED) is 0.325. The number of rotatable bonds is 5. The molecule has 0 radical (unpaired) electrons. The summed E-state index contributed by atoms with van der Waals surface area (Å²) in [6, 6.07) is 7.24. The Bertz CT molecular complexity index is 649. The molecule has 0 bridgehead atoms. The summed E-state index contributed by atoms with van der Waals surface area (Å²) in [5, 5.41) is 15.5. The van der Waals surface area contributed by atoms with Gasteiger partial charge in [-0.2, -0.15) is 0 Å². The van der Waals surface area contributed by atoms with Gasteiger partial charge in [0.25, 0.3) is 5.91 Å². The molecule has 0 unspecified atom stereocenters. The van der Waals surface area contributed by atoms with Crippen molar-refractivity contribution >= 4 is 24.3 Å². The number of carbonyl (C=O) groups is 2. The van der Waals surface area contributed by atoms with Crippen LogP contribution in [0.4, 0.5) is 0 Å². The molecule has 1 amide bonds. The Labute approximate surface area is 156 Å². The van der Waals surface area contributed by atoms with Crippen molar-refractivity contribution in [1.29, 1.82) is 0 Å². The maximum Gasteiger partial charge on any atom is 0.276 e. The third-order valence-corrected chi connectivity index (χ3v) is 2.78. The van der Waals surface area contributed by atoms with Gasteiger partial charge in [-0.3, -0.25) is 4.79 Å². The summed E-state index contributed by atoms with van der Waals surface area (Å²) >= 11 is 0. The van der Waals surface area contributed by atoms with E-state index in [9.17, 15) is 9.90 Å². The SMILES string of the molecule is C=CN=C(C=C)NC(=O)/C(NC)=C(\O)c1ccccc1C.C=O.CCC. The van der Waals surface area contributed by atoms with Gasteiger partial charge in [0.15, 0.2) is 5.76 Å². The van der Waals surface area contributed by atoms with Gasteiger partial charge in [-0.05, 0) is 18.6 Å². The van der Waals surface area contributed by atoms with Crippen molar-refractivity contribution in [2.75, 3.05) is 7.05 Å². The molecule has 0 saturated carbocycles. The van der Waals surface area contributed by atoms with Crippen LogP contribution < -0.4 is 10.6 Å². The molecule has 0 atom stereocenters. The van der Waals surface area contributed by atoms with E-state index in [0.29, 0.717) is 5.56 Å². The monoisotopic (exact) mass is 359 g/mol. The van der Waals surface area contributed by atoms with Crippen molar-refractivity contribution in [3.8, 4) is 0 Å². The number of hydrogen-bond acceptors (Lipinski definition) is 5. The highest BCUT2D eigenvalue weighted by Gasteiger charge is 2.17. The number of likely N-dealkylation sites (N-methyl/N-ethyl adjacent to an activating group) is 1. The van der Waals surface area contributed by atoms with Gasteiger partial charge in [-0.15, -0.1) is 0 Å². The van der Waals surface area contributed by atoms with Crippen LogP contribution in [0.3, 0.4) is 0 Å². The zero-order valence-electron chi connectivity index (χ0n) is 16.0. The minimum atomic E-state index is -0.515. The van der Waals surface area contributed by atoms with E-state index in [2.05, 4.69) is 42.6 Å². The van der Waals surface area contributed by atoms with Crippen LogP contribution >= 0.6 is 0 Å². The highest BCUT2D eigenvalue weighted by molar-refractivity contribution is 6.11. The Balaban J connectivity index is 0. The number of carbonyl (C=O) groups excluding carboxylic acids is 2. The van der Waals surface area contributed by atoms with Crippen LogP contribution in [-0.4, -0.2) is 30.7 Å². The van der Waals surface area contributed by atoms with Gasteiger partial charge >= 0.3 is 0 Å². The fraction of sp³-hybridized carbons (Fsp3) is 0.250. The maximum atomic E-state index is 12.2. The van der Waals surface area contributed by atoms with E-state index in [4.69, 9.17) is 4.79 Å². The van der Waals surface area contributed by atoms with E-state index >= 15 is 0 Å². The lowest BCUT2D eigenvalue weighted by Crippen LogP contribution is -2.35. The number of benzene rings is 1. The van der Waals surface area contributed by atoms with Crippen LogP contribution in [0.1, 0.15) is 31.4 Å². The number of aryl methyl sites for hydroxylation is 1. The Morgan fingerprint density at radius 1 is 1.23 bits per heavy atom. The summed E-state index contributed by atoms with van der Waals surface area (Å²) in [6.45, 7) is 15.1. The number of aliphatic hydroxyl groups is 1. The number of hydrogen-bond donors (Lipinski definition) is 3. The van der Waals surface area contributed by atoms with Gasteiger partial charge < -0.3 is 20.5 Å². The molecule has 3 N–H and O–H groups in total. The van der Waals surface area contributed by atoms with E-state index in [1.807, 2.05) is 25.8 Å². The van der Waals surface area contributed by atoms with Crippen LogP contribution in [0.5, 0.6) is 0 Å². The predicted octanol–water partition coefficient (Wildman–Crippen LogP) is 3.52. The minimum Gasteiger partial charge on any atom is -0.505 e. The van der Waals surface area contributed by atoms with Gasteiger partial charge in [0.05, 0.1) is 0 Å². The molecular weight excluding hydrogens is 330 g/mol. The van der Waals surface area contributed by atoms with Gasteiger partial charge in [0.2, 0.25) is 0 Å². The number of nitrogens with zero attached hydrogens (tertiary/aromatic N) is 1. The van der Waals surface area contributed by atoms with E-state index < -0.39 is 5.91 Å². The highest BCUT2D eigenvalue weighted by Crippen LogP contribution is 2.18. The Kier molecular flexibility index (Phi) is 14.8. The molecule has 1 rings (SSSR count). The predicted molar refractivity (Wildman–Crippen MR) is 109 cm³/mol. The minimum absolute atomic E-state index is 0.0444. The van der Waals surface area contributed by atoms with Crippen LogP contribution in [0, 0.1) is 6.92 Å². The first kappa shape index (κ1) is 25.1. The zero-order valence-corrected chi connectivity index (χ0v) is 16.0. The summed E-state index contributed by atoms with van der Waals surface area (Å²) in [7, 11) is 1.56. The Hall–Kier alpha value is -3.15. The standard InChI is InChI=1S/C16H19N3O2.C3H8.CH2O/c1-5-13(18-6-2)19-16(21)14(17-4)15(20)12-10-8-7-9-11(12)3;1-3-2;1-2/h5-10,17,20H,1-2H2,3-4H3,(H,18,19,21);3H2,1-2H3;1H2/b15-14+;;. The van der Waals surface area contributed by atoms with E-state index in [-0.39, 0.29) is 17.3 Å². The molecule has 1 aromatic carbocycles. The fourth-order valence-corrected chi connectivity index (χ4v) is 1.73. The van der Waals surface area contributed by atoms with Crippen LogP contribution in [0.2, 0.25) is 0 Å². The third-order valence-electron chi connectivity index (χ3n) is 2.78. The normalized spacial score (nSPS) is 10.7. The molecular formula is C20H29N3O3. The van der Waals surface area contributed by atoms with Crippen molar-refractivity contribution in [2.45, 2.75) is 27.2 Å². The number of amidine groups is 1. The summed E-state index contributed by atoms with van der Waals surface area (Å²) in [4.78, 5) is 24.0. The van der Waals surface area contributed by atoms with Gasteiger partial charge in [0.1, 0.15) is 18.3 Å². The number of aliphatic hydroxyl groups excluding tert-OH is 1. The molecule has 0 fully saturated rings. The third kappa shape index (κ3) is 8.63. The molecule has 1 aromatic rings. The first-order valence-corrected chi connectivity index (χ1v) is 8.04. The number of aliphatic imine (C=N–C) groups is 1. The summed E-state index contributed by atoms with van der Waals surface area (Å²) in [6.07, 6.45) is 3.93. The molecule has 6 nitrogen and oxygen atoms in total. The first-order chi connectivity index (χ1) is 12.5. The number of nitrogens with one attached hydrogen (secondary N) is 2. The molecule has 26 heavy (non-hydrogen) atoms. The molecule has 6 heteroatoms. The lowest BCUT2D eigenvalue weighted by Gasteiger charge is -2.12. The molecule has 0 heterocycles. The van der Waals surface area contributed by atoms with Gasteiger partial charge in [-0.25, -0.2) is 4.99 Å². The fourth-order valence-electron chi connectivity index (χ4n) is 1.73. The lowest BCUT2D eigenvalue weighted by molar-refractivity contribution is -0.116. The van der Waals surface area contributed by atoms with E-state index in [0.717, 1.165) is 5.56 Å². The molecule has 0 aliphatic carbocycles. The highest BCUT2D eigenvalue weighted by atomic mass is 16.3. The molecule has 0 saturated heterocycles. The van der Waals surface area contributed by atoms with Crippen molar-refractivity contribution < 1.29 is 14.7 Å². The average molecular weight is 359 g/mol.